The summed E-state index contributed by atoms with van der Waals surface area (Å²) in [4.78, 5) is 25.0. The molecule has 3 aromatic carbocycles. The molecule has 0 fully saturated rings. The van der Waals surface area contributed by atoms with Crippen molar-refractivity contribution >= 4 is 34.8 Å². The molecule has 0 unspecified atom stereocenters. The number of amides is 2. The van der Waals surface area contributed by atoms with Gasteiger partial charge in [-0.2, -0.15) is 5.10 Å². The molecule has 146 valence electrons. The van der Waals surface area contributed by atoms with E-state index in [4.69, 9.17) is 11.6 Å². The van der Waals surface area contributed by atoms with Gasteiger partial charge in [0.1, 0.15) is 5.82 Å². The van der Waals surface area contributed by atoms with Crippen molar-refractivity contribution in [1.82, 2.24) is 5.43 Å². The maximum absolute atomic E-state index is 13.0. The van der Waals surface area contributed by atoms with Gasteiger partial charge < -0.3 is 5.32 Å². The minimum absolute atomic E-state index is 0.255. The third-order valence-corrected chi connectivity index (χ3v) is 4.37. The van der Waals surface area contributed by atoms with Gasteiger partial charge in [-0.25, -0.2) is 9.82 Å². The molecule has 2 N–H and O–H groups in total. The summed E-state index contributed by atoms with van der Waals surface area (Å²) in [7, 11) is 0. The Balaban J connectivity index is 1.74. The van der Waals surface area contributed by atoms with Crippen molar-refractivity contribution in [3.63, 3.8) is 0 Å². The molecule has 0 spiro atoms. The summed E-state index contributed by atoms with van der Waals surface area (Å²) in [6.07, 6.45) is 0. The van der Waals surface area contributed by atoms with E-state index in [2.05, 4.69) is 15.8 Å². The summed E-state index contributed by atoms with van der Waals surface area (Å²) in [5.41, 5.74) is 4.66. The lowest BCUT2D eigenvalue weighted by Gasteiger charge is -2.10. The predicted octanol–water partition coefficient (Wildman–Crippen LogP) is 4.89. The van der Waals surface area contributed by atoms with Crippen LogP contribution < -0.4 is 10.7 Å². The molecule has 0 radical (unpaired) electrons. The first kappa shape index (κ1) is 20.2. The Morgan fingerprint density at radius 3 is 2.17 bits per heavy atom. The molecule has 0 saturated carbocycles. The Morgan fingerprint density at radius 2 is 1.48 bits per heavy atom. The number of anilines is 1. The molecule has 29 heavy (non-hydrogen) atoms. The molecular formula is C22H17ClFN3O2. The maximum Gasteiger partial charge on any atom is 0.273 e. The molecule has 3 aromatic rings. The smallest absolute Gasteiger partial charge is 0.273 e. The van der Waals surface area contributed by atoms with Crippen LogP contribution in [0.4, 0.5) is 10.1 Å². The van der Waals surface area contributed by atoms with Crippen LogP contribution in [0.2, 0.25) is 5.02 Å². The van der Waals surface area contributed by atoms with Crippen LogP contribution in [0.1, 0.15) is 33.2 Å². The molecule has 7 heteroatoms. The molecule has 0 saturated heterocycles. The van der Waals surface area contributed by atoms with Crippen molar-refractivity contribution in [3.8, 4) is 0 Å². The largest absolute Gasteiger partial charge is 0.321 e. The number of para-hydroxylation sites is 1. The standard InChI is InChI=1S/C22H17ClFN3O2/c1-14(15-8-12-18(24)13-9-15)26-27-22(29)19-4-2-3-5-20(19)25-21(28)16-6-10-17(23)11-7-16/h2-13H,1H3,(H,25,28)(H,27,29)/b26-14-. The first-order valence-corrected chi connectivity index (χ1v) is 9.08. The second-order valence-electron chi connectivity index (χ2n) is 6.15. The molecular weight excluding hydrogens is 393 g/mol. The molecule has 0 aliphatic rings. The molecule has 0 aromatic heterocycles. The Labute approximate surface area is 172 Å². The minimum Gasteiger partial charge on any atom is -0.321 e. The number of nitrogens with zero attached hydrogens (tertiary/aromatic N) is 1. The van der Waals surface area contributed by atoms with Crippen LogP contribution in [-0.4, -0.2) is 17.5 Å². The van der Waals surface area contributed by atoms with Crippen LogP contribution in [0.3, 0.4) is 0 Å². The highest BCUT2D eigenvalue weighted by molar-refractivity contribution is 6.30. The molecule has 0 bridgehead atoms. The van der Waals surface area contributed by atoms with Crippen LogP contribution in [-0.2, 0) is 0 Å². The van der Waals surface area contributed by atoms with Crippen LogP contribution in [0, 0.1) is 5.82 Å². The number of halogens is 2. The number of hydrogen-bond acceptors (Lipinski definition) is 3. The highest BCUT2D eigenvalue weighted by Gasteiger charge is 2.14. The Hall–Kier alpha value is -3.51. The van der Waals surface area contributed by atoms with Crippen molar-refractivity contribution in [1.29, 1.82) is 0 Å². The van der Waals surface area contributed by atoms with Gasteiger partial charge in [0, 0.05) is 10.6 Å². The van der Waals surface area contributed by atoms with Gasteiger partial charge in [-0.3, -0.25) is 9.59 Å². The molecule has 0 atom stereocenters. The highest BCUT2D eigenvalue weighted by atomic mass is 35.5. The Kier molecular flexibility index (Phi) is 6.36. The fourth-order valence-corrected chi connectivity index (χ4v) is 2.66. The number of rotatable bonds is 5. The topological polar surface area (TPSA) is 70.6 Å². The van der Waals surface area contributed by atoms with E-state index in [0.717, 1.165) is 0 Å². The van der Waals surface area contributed by atoms with Gasteiger partial charge >= 0.3 is 0 Å². The SMILES string of the molecule is C/C(=N/NC(=O)c1ccccc1NC(=O)c1ccc(Cl)cc1)c1ccc(F)cc1. The van der Waals surface area contributed by atoms with E-state index in [1.807, 2.05) is 0 Å². The quantitative estimate of drug-likeness (QED) is 0.465. The normalized spacial score (nSPS) is 11.1. The zero-order chi connectivity index (χ0) is 20.8. The van der Waals surface area contributed by atoms with Gasteiger partial charge in [0.25, 0.3) is 11.8 Å². The van der Waals surface area contributed by atoms with Crippen LogP contribution >= 0.6 is 11.6 Å². The van der Waals surface area contributed by atoms with Crippen molar-refractivity contribution in [2.45, 2.75) is 6.92 Å². The Morgan fingerprint density at radius 1 is 0.862 bits per heavy atom. The van der Waals surface area contributed by atoms with Crippen molar-refractivity contribution in [2.24, 2.45) is 5.10 Å². The number of carbonyl (C=O) groups is 2. The van der Waals surface area contributed by atoms with Crippen LogP contribution in [0.15, 0.2) is 77.9 Å². The third-order valence-electron chi connectivity index (χ3n) is 4.11. The number of hydrazone groups is 1. The average molecular weight is 410 g/mol. The highest BCUT2D eigenvalue weighted by Crippen LogP contribution is 2.17. The number of carbonyl (C=O) groups excluding carboxylic acids is 2. The first-order chi connectivity index (χ1) is 13.9. The molecule has 0 heterocycles. The van der Waals surface area contributed by atoms with E-state index in [1.165, 1.54) is 12.1 Å². The van der Waals surface area contributed by atoms with Crippen LogP contribution in [0.5, 0.6) is 0 Å². The van der Waals surface area contributed by atoms with E-state index >= 15 is 0 Å². The van der Waals surface area contributed by atoms with Crippen molar-refractivity contribution < 1.29 is 14.0 Å². The third kappa shape index (κ3) is 5.27. The Bertz CT molecular complexity index is 1060. The number of benzene rings is 3. The molecule has 2 amide bonds. The second kappa shape index (κ2) is 9.12. The fraction of sp³-hybridized carbons (Fsp3) is 0.0455. The summed E-state index contributed by atoms with van der Waals surface area (Å²) >= 11 is 5.84. The molecule has 0 aliphatic heterocycles. The molecule has 5 nitrogen and oxygen atoms in total. The zero-order valence-corrected chi connectivity index (χ0v) is 16.2. The van der Waals surface area contributed by atoms with E-state index in [9.17, 15) is 14.0 Å². The van der Waals surface area contributed by atoms with E-state index < -0.39 is 5.91 Å². The van der Waals surface area contributed by atoms with Gasteiger partial charge in [-0.15, -0.1) is 0 Å². The van der Waals surface area contributed by atoms with Gasteiger partial charge in [0.05, 0.1) is 17.0 Å². The van der Waals surface area contributed by atoms with E-state index in [-0.39, 0.29) is 17.3 Å². The fourth-order valence-electron chi connectivity index (χ4n) is 2.54. The lowest BCUT2D eigenvalue weighted by Crippen LogP contribution is -2.22. The van der Waals surface area contributed by atoms with E-state index in [0.29, 0.717) is 27.5 Å². The van der Waals surface area contributed by atoms with Gasteiger partial charge in [-0.05, 0) is 61.0 Å². The van der Waals surface area contributed by atoms with Crippen LogP contribution in [0.25, 0.3) is 0 Å². The summed E-state index contributed by atoms with van der Waals surface area (Å²) < 4.78 is 13.0. The lowest BCUT2D eigenvalue weighted by molar-refractivity contribution is 0.0955. The van der Waals surface area contributed by atoms with Gasteiger partial charge in [0.15, 0.2) is 0 Å². The summed E-state index contributed by atoms with van der Waals surface area (Å²) in [6.45, 7) is 1.70. The number of hydrogen-bond donors (Lipinski definition) is 2. The van der Waals surface area contributed by atoms with Crippen molar-refractivity contribution in [2.75, 3.05) is 5.32 Å². The van der Waals surface area contributed by atoms with Gasteiger partial charge in [0.2, 0.25) is 0 Å². The second-order valence-corrected chi connectivity index (χ2v) is 6.59. The zero-order valence-electron chi connectivity index (χ0n) is 15.4. The first-order valence-electron chi connectivity index (χ1n) is 8.70. The monoisotopic (exact) mass is 409 g/mol. The van der Waals surface area contributed by atoms with E-state index in [1.54, 1.807) is 67.6 Å². The summed E-state index contributed by atoms with van der Waals surface area (Å²) in [5.74, 6) is -1.21. The predicted molar refractivity (Wildman–Crippen MR) is 112 cm³/mol. The van der Waals surface area contributed by atoms with Gasteiger partial charge in [-0.1, -0.05) is 35.9 Å². The minimum atomic E-state index is -0.488. The average Bonchev–Trinajstić information content (AvgIpc) is 2.73. The molecule has 3 rings (SSSR count). The molecule has 0 aliphatic carbocycles. The van der Waals surface area contributed by atoms with Crippen molar-refractivity contribution in [3.05, 3.63) is 100 Å². The maximum atomic E-state index is 13.0. The summed E-state index contributed by atoms with van der Waals surface area (Å²) in [6, 6.07) is 18.8. The lowest BCUT2D eigenvalue weighted by atomic mass is 10.1. The summed E-state index contributed by atoms with van der Waals surface area (Å²) in [5, 5.41) is 7.30. The number of nitrogens with one attached hydrogen (secondary N) is 2.